The minimum Gasteiger partial charge on any atom is -0.394 e. The summed E-state index contributed by atoms with van der Waals surface area (Å²) in [6.45, 7) is 4.93. The number of rotatable bonds is 4. The van der Waals surface area contributed by atoms with Crippen molar-refractivity contribution in [2.45, 2.75) is 19.9 Å². The van der Waals surface area contributed by atoms with E-state index in [1.165, 1.54) is 0 Å². The van der Waals surface area contributed by atoms with E-state index in [9.17, 15) is 5.11 Å². The van der Waals surface area contributed by atoms with Gasteiger partial charge in [-0.25, -0.2) is 0 Å². The third-order valence-electron chi connectivity index (χ3n) is 2.22. The zero-order chi connectivity index (χ0) is 10.6. The van der Waals surface area contributed by atoms with E-state index in [1.54, 1.807) is 0 Å². The maximum atomic E-state index is 9.18. The molecule has 0 aliphatic heterocycles. The third-order valence-corrected chi connectivity index (χ3v) is 2.64. The van der Waals surface area contributed by atoms with Gasteiger partial charge in [-0.2, -0.15) is 0 Å². The summed E-state index contributed by atoms with van der Waals surface area (Å²) >= 11 is 5.92. The van der Waals surface area contributed by atoms with Crippen LogP contribution in [-0.2, 0) is 0 Å². The Morgan fingerprint density at radius 1 is 1.50 bits per heavy atom. The number of hydrogen-bond donors (Lipinski definition) is 2. The van der Waals surface area contributed by atoms with Crippen LogP contribution in [0, 0.1) is 6.92 Å². The van der Waals surface area contributed by atoms with Crippen LogP contribution in [0.2, 0.25) is 5.02 Å². The van der Waals surface area contributed by atoms with Crippen LogP contribution in [0.1, 0.15) is 24.1 Å². The van der Waals surface area contributed by atoms with Crippen LogP contribution in [0.4, 0.5) is 0 Å². The molecule has 1 unspecified atom stereocenters. The molecule has 0 aromatic heterocycles. The van der Waals surface area contributed by atoms with Gasteiger partial charge in [0.2, 0.25) is 0 Å². The normalized spacial score (nSPS) is 12.9. The number of aryl methyl sites for hydroxylation is 1. The lowest BCUT2D eigenvalue weighted by Crippen LogP contribution is -2.23. The molecule has 1 atom stereocenters. The van der Waals surface area contributed by atoms with Crippen LogP contribution in [0.3, 0.4) is 0 Å². The first kappa shape index (κ1) is 11.5. The summed E-state index contributed by atoms with van der Waals surface area (Å²) in [4.78, 5) is 0. The van der Waals surface area contributed by atoms with E-state index < -0.39 is 0 Å². The Labute approximate surface area is 89.9 Å². The molecule has 0 aliphatic carbocycles. The molecule has 1 aromatic rings. The summed E-state index contributed by atoms with van der Waals surface area (Å²) in [6.07, 6.45) is 0. The molecule has 3 heteroatoms. The van der Waals surface area contributed by atoms with Gasteiger partial charge in [0.05, 0.1) is 12.6 Å². The number of halogens is 1. The van der Waals surface area contributed by atoms with E-state index in [2.05, 4.69) is 5.32 Å². The third kappa shape index (κ3) is 2.71. The van der Waals surface area contributed by atoms with Crippen molar-refractivity contribution < 1.29 is 5.11 Å². The fourth-order valence-corrected chi connectivity index (χ4v) is 1.54. The van der Waals surface area contributed by atoms with Gasteiger partial charge in [0.15, 0.2) is 0 Å². The van der Waals surface area contributed by atoms with Crippen LogP contribution in [0.5, 0.6) is 0 Å². The van der Waals surface area contributed by atoms with Gasteiger partial charge < -0.3 is 10.4 Å². The highest BCUT2D eigenvalue weighted by atomic mass is 35.5. The first-order valence-electron chi connectivity index (χ1n) is 4.79. The smallest absolute Gasteiger partial charge is 0.0626 e. The molecule has 14 heavy (non-hydrogen) atoms. The molecule has 0 fully saturated rings. The molecule has 2 nitrogen and oxygen atoms in total. The average Bonchev–Trinajstić information content (AvgIpc) is 2.19. The molecular formula is C11H16ClNO. The van der Waals surface area contributed by atoms with Crippen molar-refractivity contribution >= 4 is 11.6 Å². The van der Waals surface area contributed by atoms with E-state index in [0.717, 1.165) is 22.7 Å². The van der Waals surface area contributed by atoms with Gasteiger partial charge in [-0.15, -0.1) is 0 Å². The number of hydrogen-bond acceptors (Lipinski definition) is 2. The van der Waals surface area contributed by atoms with Gasteiger partial charge in [-0.3, -0.25) is 0 Å². The molecule has 0 aliphatic rings. The Morgan fingerprint density at radius 3 is 2.71 bits per heavy atom. The van der Waals surface area contributed by atoms with Crippen molar-refractivity contribution in [3.05, 3.63) is 34.3 Å². The standard InChI is InChI=1S/C11H16ClNO/c1-3-13-11(7-14)9-4-5-10(12)8(2)6-9/h4-6,11,13-14H,3,7H2,1-2H3. The van der Waals surface area contributed by atoms with E-state index in [4.69, 9.17) is 11.6 Å². The number of nitrogens with one attached hydrogen (secondary N) is 1. The van der Waals surface area contributed by atoms with Crippen molar-refractivity contribution in [3.8, 4) is 0 Å². The number of benzene rings is 1. The quantitative estimate of drug-likeness (QED) is 0.805. The Kier molecular flexibility index (Phi) is 4.39. The summed E-state index contributed by atoms with van der Waals surface area (Å²) in [5, 5.41) is 13.1. The molecule has 0 bridgehead atoms. The number of likely N-dealkylation sites (N-methyl/N-ethyl adjacent to an activating group) is 1. The summed E-state index contributed by atoms with van der Waals surface area (Å²) in [5.74, 6) is 0. The van der Waals surface area contributed by atoms with Crippen molar-refractivity contribution in [3.63, 3.8) is 0 Å². The molecule has 0 saturated heterocycles. The van der Waals surface area contributed by atoms with Gasteiger partial charge >= 0.3 is 0 Å². The first-order chi connectivity index (χ1) is 6.69. The average molecular weight is 214 g/mol. The fourth-order valence-electron chi connectivity index (χ4n) is 1.42. The van der Waals surface area contributed by atoms with Gasteiger partial charge in [0.25, 0.3) is 0 Å². The van der Waals surface area contributed by atoms with Crippen LogP contribution in [0.25, 0.3) is 0 Å². The molecule has 78 valence electrons. The van der Waals surface area contributed by atoms with E-state index >= 15 is 0 Å². The van der Waals surface area contributed by atoms with Crippen molar-refractivity contribution in [2.24, 2.45) is 0 Å². The Bertz CT molecular complexity index is 301. The summed E-state index contributed by atoms with van der Waals surface area (Å²) in [7, 11) is 0. The highest BCUT2D eigenvalue weighted by Gasteiger charge is 2.09. The second-order valence-electron chi connectivity index (χ2n) is 3.30. The SMILES string of the molecule is CCNC(CO)c1ccc(Cl)c(C)c1. The zero-order valence-electron chi connectivity index (χ0n) is 8.55. The topological polar surface area (TPSA) is 32.3 Å². The van der Waals surface area contributed by atoms with Crippen molar-refractivity contribution in [1.29, 1.82) is 0 Å². The molecule has 0 radical (unpaired) electrons. The van der Waals surface area contributed by atoms with Crippen LogP contribution >= 0.6 is 11.6 Å². The van der Waals surface area contributed by atoms with Gasteiger partial charge in [-0.05, 0) is 30.7 Å². The van der Waals surface area contributed by atoms with Crippen LogP contribution in [-0.4, -0.2) is 18.3 Å². The first-order valence-corrected chi connectivity index (χ1v) is 5.17. The highest BCUT2D eigenvalue weighted by molar-refractivity contribution is 6.31. The van der Waals surface area contributed by atoms with Gasteiger partial charge in [-0.1, -0.05) is 30.7 Å². The number of aliphatic hydroxyl groups is 1. The minimum atomic E-state index is 0.0102. The molecule has 0 spiro atoms. The monoisotopic (exact) mass is 213 g/mol. The molecule has 0 heterocycles. The van der Waals surface area contributed by atoms with Gasteiger partial charge in [0.1, 0.15) is 0 Å². The molecule has 2 N–H and O–H groups in total. The Morgan fingerprint density at radius 2 is 2.21 bits per heavy atom. The molecular weight excluding hydrogens is 198 g/mol. The predicted molar refractivity (Wildman–Crippen MR) is 59.7 cm³/mol. The summed E-state index contributed by atoms with van der Waals surface area (Å²) in [5.41, 5.74) is 2.12. The van der Waals surface area contributed by atoms with Crippen molar-refractivity contribution in [1.82, 2.24) is 5.32 Å². The second kappa shape index (κ2) is 5.35. The Balaban J connectivity index is 2.88. The predicted octanol–water partition coefficient (Wildman–Crippen LogP) is 2.29. The van der Waals surface area contributed by atoms with E-state index in [1.807, 2.05) is 32.0 Å². The molecule has 0 amide bonds. The van der Waals surface area contributed by atoms with Crippen LogP contribution in [0.15, 0.2) is 18.2 Å². The minimum absolute atomic E-state index is 0.0102. The maximum Gasteiger partial charge on any atom is 0.0626 e. The lowest BCUT2D eigenvalue weighted by molar-refractivity contribution is 0.246. The highest BCUT2D eigenvalue weighted by Crippen LogP contribution is 2.20. The van der Waals surface area contributed by atoms with Crippen molar-refractivity contribution in [2.75, 3.05) is 13.2 Å². The lowest BCUT2D eigenvalue weighted by atomic mass is 10.1. The lowest BCUT2D eigenvalue weighted by Gasteiger charge is -2.16. The molecule has 0 saturated carbocycles. The molecule has 1 aromatic carbocycles. The zero-order valence-corrected chi connectivity index (χ0v) is 9.30. The summed E-state index contributed by atoms with van der Waals surface area (Å²) in [6, 6.07) is 5.83. The summed E-state index contributed by atoms with van der Waals surface area (Å²) < 4.78 is 0. The van der Waals surface area contributed by atoms with Crippen LogP contribution < -0.4 is 5.32 Å². The Hall–Kier alpha value is -0.570. The number of aliphatic hydroxyl groups excluding tert-OH is 1. The maximum absolute atomic E-state index is 9.18. The van der Waals surface area contributed by atoms with E-state index in [-0.39, 0.29) is 12.6 Å². The van der Waals surface area contributed by atoms with E-state index in [0.29, 0.717) is 0 Å². The van der Waals surface area contributed by atoms with Gasteiger partial charge in [0, 0.05) is 5.02 Å². The largest absolute Gasteiger partial charge is 0.394 e. The molecule has 1 rings (SSSR count). The fraction of sp³-hybridized carbons (Fsp3) is 0.455. The second-order valence-corrected chi connectivity index (χ2v) is 3.71.